The van der Waals surface area contributed by atoms with Gasteiger partial charge in [0, 0.05) is 5.69 Å². The van der Waals surface area contributed by atoms with Crippen LogP contribution in [-0.4, -0.2) is 35.9 Å². The molecule has 1 N–H and O–H groups in total. The van der Waals surface area contributed by atoms with Crippen LogP contribution in [-0.2, 0) is 15.7 Å². The average molecular weight is 397 g/mol. The molecule has 150 valence electrons. The Labute approximate surface area is 158 Å². The summed E-state index contributed by atoms with van der Waals surface area (Å²) >= 11 is 0. The number of methoxy groups -OCH3 is 1. The van der Waals surface area contributed by atoms with Crippen molar-refractivity contribution in [3.05, 3.63) is 57.9 Å². The number of hydrogen-bond acceptors (Lipinski definition) is 5. The first kappa shape index (κ1) is 21.2. The molecule has 0 aliphatic carbocycles. The van der Waals surface area contributed by atoms with Crippen molar-refractivity contribution in [1.29, 1.82) is 0 Å². The molecule has 1 heterocycles. The zero-order valence-electron chi connectivity index (χ0n) is 15.6. The molecular weight excluding hydrogens is 379 g/mol. The van der Waals surface area contributed by atoms with Gasteiger partial charge < -0.3 is 14.5 Å². The zero-order chi connectivity index (χ0) is 21.2. The number of esters is 2. The van der Waals surface area contributed by atoms with E-state index >= 15 is 0 Å². The first-order valence-electron chi connectivity index (χ1n) is 8.17. The summed E-state index contributed by atoms with van der Waals surface area (Å²) < 4.78 is 48.0. The SMILES string of the molecule is COC(=O)c1c(C)[nH]c(C(=O)[C@@H](C)OC(=O)c2cccc(C(F)(F)F)c2)c1C. The Balaban J connectivity index is 2.22. The lowest BCUT2D eigenvalue weighted by Crippen LogP contribution is -2.25. The number of Topliss-reactive ketones (excluding diaryl/α,β-unsaturated/α-hetero) is 1. The molecule has 0 fully saturated rings. The number of halogens is 3. The molecule has 0 saturated carbocycles. The highest BCUT2D eigenvalue weighted by molar-refractivity contribution is 6.04. The fourth-order valence-electron chi connectivity index (χ4n) is 2.71. The molecule has 1 aromatic heterocycles. The Kier molecular flexibility index (Phi) is 5.96. The number of nitrogens with one attached hydrogen (secondary N) is 1. The second-order valence-electron chi connectivity index (χ2n) is 6.11. The van der Waals surface area contributed by atoms with Crippen molar-refractivity contribution in [2.24, 2.45) is 0 Å². The maximum atomic E-state index is 12.8. The van der Waals surface area contributed by atoms with E-state index in [1.807, 2.05) is 0 Å². The number of benzene rings is 1. The molecule has 1 atom stereocenters. The van der Waals surface area contributed by atoms with Crippen LogP contribution in [0.2, 0.25) is 0 Å². The fraction of sp³-hybridized carbons (Fsp3) is 0.316. The van der Waals surface area contributed by atoms with E-state index in [1.54, 1.807) is 6.92 Å². The molecule has 0 aliphatic rings. The van der Waals surface area contributed by atoms with Crippen LogP contribution in [0, 0.1) is 13.8 Å². The van der Waals surface area contributed by atoms with Crippen LogP contribution in [0.5, 0.6) is 0 Å². The van der Waals surface area contributed by atoms with Crippen LogP contribution < -0.4 is 0 Å². The second kappa shape index (κ2) is 7.87. The Morgan fingerprint density at radius 2 is 1.75 bits per heavy atom. The highest BCUT2D eigenvalue weighted by Gasteiger charge is 2.32. The summed E-state index contributed by atoms with van der Waals surface area (Å²) in [5.41, 5.74) is -0.339. The van der Waals surface area contributed by atoms with Crippen molar-refractivity contribution in [2.45, 2.75) is 33.1 Å². The molecule has 28 heavy (non-hydrogen) atoms. The molecule has 1 aromatic carbocycles. The topological polar surface area (TPSA) is 85.5 Å². The van der Waals surface area contributed by atoms with E-state index in [-0.39, 0.29) is 16.8 Å². The maximum absolute atomic E-state index is 12.8. The van der Waals surface area contributed by atoms with E-state index in [2.05, 4.69) is 9.72 Å². The van der Waals surface area contributed by atoms with Gasteiger partial charge in [0.25, 0.3) is 0 Å². The van der Waals surface area contributed by atoms with E-state index in [1.165, 1.54) is 21.0 Å². The number of alkyl halides is 3. The number of carbonyl (C=O) groups is 3. The monoisotopic (exact) mass is 397 g/mol. The van der Waals surface area contributed by atoms with Gasteiger partial charge >= 0.3 is 18.1 Å². The molecule has 6 nitrogen and oxygen atoms in total. The molecule has 0 amide bonds. The minimum atomic E-state index is -4.61. The summed E-state index contributed by atoms with van der Waals surface area (Å²) in [6.45, 7) is 4.40. The van der Waals surface area contributed by atoms with Crippen LogP contribution in [0.4, 0.5) is 13.2 Å². The predicted octanol–water partition coefficient (Wildman–Crippen LogP) is 3.87. The third-order valence-corrected chi connectivity index (χ3v) is 4.15. The number of aromatic amines is 1. The van der Waals surface area contributed by atoms with E-state index in [0.29, 0.717) is 17.3 Å². The number of aryl methyl sites for hydroxylation is 1. The largest absolute Gasteiger partial charge is 0.465 e. The Morgan fingerprint density at radius 3 is 2.32 bits per heavy atom. The number of ketones is 1. The van der Waals surface area contributed by atoms with Crippen molar-refractivity contribution in [2.75, 3.05) is 7.11 Å². The van der Waals surface area contributed by atoms with Crippen LogP contribution in [0.1, 0.15) is 54.9 Å². The van der Waals surface area contributed by atoms with Crippen LogP contribution in [0.3, 0.4) is 0 Å². The smallest absolute Gasteiger partial charge is 0.416 e. The minimum absolute atomic E-state index is 0.0576. The molecule has 0 saturated heterocycles. The first-order valence-corrected chi connectivity index (χ1v) is 8.17. The van der Waals surface area contributed by atoms with Crippen molar-refractivity contribution in [3.63, 3.8) is 0 Å². The van der Waals surface area contributed by atoms with Gasteiger partial charge in [-0.05, 0) is 44.5 Å². The van der Waals surface area contributed by atoms with Gasteiger partial charge in [0.15, 0.2) is 6.10 Å². The van der Waals surface area contributed by atoms with Gasteiger partial charge in [0.2, 0.25) is 5.78 Å². The highest BCUT2D eigenvalue weighted by Crippen LogP contribution is 2.29. The number of hydrogen-bond donors (Lipinski definition) is 1. The van der Waals surface area contributed by atoms with Crippen molar-refractivity contribution < 1.29 is 37.0 Å². The predicted molar refractivity (Wildman–Crippen MR) is 92.3 cm³/mol. The van der Waals surface area contributed by atoms with Crippen molar-refractivity contribution in [3.8, 4) is 0 Å². The molecule has 9 heteroatoms. The summed E-state index contributed by atoms with van der Waals surface area (Å²) in [5.74, 6) is -2.32. The van der Waals surface area contributed by atoms with Gasteiger partial charge in [-0.1, -0.05) is 6.07 Å². The number of H-pyrrole nitrogens is 1. The van der Waals surface area contributed by atoms with E-state index in [4.69, 9.17) is 4.74 Å². The quantitative estimate of drug-likeness (QED) is 0.612. The van der Waals surface area contributed by atoms with Gasteiger partial charge in [-0.3, -0.25) is 4.79 Å². The summed E-state index contributed by atoms with van der Waals surface area (Å²) in [6.07, 6.45) is -5.90. The standard InChI is InChI=1S/C19H18F3NO5/c1-9-14(18(26)27-4)10(2)23-15(9)16(24)11(3)28-17(25)12-6-5-7-13(8-12)19(20,21)22/h5-8,11,23H,1-4H3/t11-/m1/s1. The summed E-state index contributed by atoms with van der Waals surface area (Å²) in [7, 11) is 1.20. The third kappa shape index (κ3) is 4.24. The van der Waals surface area contributed by atoms with Gasteiger partial charge in [0.1, 0.15) is 0 Å². The summed E-state index contributed by atoms with van der Waals surface area (Å²) in [6, 6.07) is 3.71. The summed E-state index contributed by atoms with van der Waals surface area (Å²) in [4.78, 5) is 39.3. The molecule has 0 bridgehead atoms. The van der Waals surface area contributed by atoms with Gasteiger partial charge in [-0.25, -0.2) is 9.59 Å². The molecule has 0 spiro atoms. The molecular formula is C19H18F3NO5. The molecule has 0 radical (unpaired) electrons. The maximum Gasteiger partial charge on any atom is 0.416 e. The zero-order valence-corrected chi connectivity index (χ0v) is 15.6. The van der Waals surface area contributed by atoms with Crippen molar-refractivity contribution in [1.82, 2.24) is 4.98 Å². The second-order valence-corrected chi connectivity index (χ2v) is 6.11. The number of aromatic nitrogens is 1. The lowest BCUT2D eigenvalue weighted by molar-refractivity contribution is -0.137. The van der Waals surface area contributed by atoms with E-state index in [0.717, 1.165) is 18.2 Å². The molecule has 0 aliphatic heterocycles. The third-order valence-electron chi connectivity index (χ3n) is 4.15. The number of ether oxygens (including phenoxy) is 2. The number of rotatable bonds is 5. The van der Waals surface area contributed by atoms with Crippen LogP contribution in [0.15, 0.2) is 24.3 Å². The minimum Gasteiger partial charge on any atom is -0.465 e. The lowest BCUT2D eigenvalue weighted by atomic mass is 10.1. The van der Waals surface area contributed by atoms with Crippen LogP contribution >= 0.6 is 0 Å². The van der Waals surface area contributed by atoms with E-state index in [9.17, 15) is 27.6 Å². The van der Waals surface area contributed by atoms with Gasteiger partial charge in [-0.15, -0.1) is 0 Å². The lowest BCUT2D eigenvalue weighted by Gasteiger charge is -2.13. The Morgan fingerprint density at radius 1 is 1.11 bits per heavy atom. The molecule has 2 aromatic rings. The Bertz CT molecular complexity index is 930. The average Bonchev–Trinajstić information content (AvgIpc) is 2.94. The normalized spacial score (nSPS) is 12.4. The summed E-state index contributed by atoms with van der Waals surface area (Å²) in [5, 5.41) is 0. The Hall–Kier alpha value is -3.10. The van der Waals surface area contributed by atoms with Crippen molar-refractivity contribution >= 4 is 17.7 Å². The van der Waals surface area contributed by atoms with Gasteiger partial charge in [0.05, 0.1) is 29.5 Å². The molecule has 2 rings (SSSR count). The van der Waals surface area contributed by atoms with E-state index < -0.39 is 35.6 Å². The molecule has 0 unspecified atom stereocenters. The number of carbonyl (C=O) groups excluding carboxylic acids is 3. The fourth-order valence-corrected chi connectivity index (χ4v) is 2.71. The van der Waals surface area contributed by atoms with Gasteiger partial charge in [-0.2, -0.15) is 13.2 Å². The highest BCUT2D eigenvalue weighted by atomic mass is 19.4. The van der Waals surface area contributed by atoms with Crippen LogP contribution in [0.25, 0.3) is 0 Å². The first-order chi connectivity index (χ1) is 13.0.